The Morgan fingerprint density at radius 3 is 3.10 bits per heavy atom. The highest BCUT2D eigenvalue weighted by molar-refractivity contribution is 5.59. The van der Waals surface area contributed by atoms with Crippen molar-refractivity contribution in [2.45, 2.75) is 19.8 Å². The minimum atomic E-state index is 0.988. The summed E-state index contributed by atoms with van der Waals surface area (Å²) in [5.74, 6) is 0. The molecule has 0 spiro atoms. The largest absolute Gasteiger partial charge is 0.285 e. The van der Waals surface area contributed by atoms with Crippen molar-refractivity contribution in [3.8, 4) is 0 Å². The van der Waals surface area contributed by atoms with Gasteiger partial charge >= 0.3 is 0 Å². The van der Waals surface area contributed by atoms with Crippen LogP contribution in [-0.2, 0) is 0 Å². The molecule has 0 unspecified atom stereocenters. The second-order valence-electron chi connectivity index (χ2n) is 2.31. The second kappa shape index (κ2) is 3.20. The van der Waals surface area contributed by atoms with Crippen molar-refractivity contribution in [1.29, 1.82) is 0 Å². The summed E-state index contributed by atoms with van der Waals surface area (Å²) >= 11 is 0. The molecule has 1 aromatic rings. The highest BCUT2D eigenvalue weighted by atomic mass is 15.1. The SMILES string of the molecule is C=C(CCC)c1cc[nH]n1. The zero-order chi connectivity index (χ0) is 7.40. The summed E-state index contributed by atoms with van der Waals surface area (Å²) in [6, 6.07) is 1.94. The number of aromatic nitrogens is 2. The zero-order valence-electron chi connectivity index (χ0n) is 6.22. The molecular weight excluding hydrogens is 124 g/mol. The molecule has 0 atom stereocenters. The van der Waals surface area contributed by atoms with Crippen LogP contribution in [-0.4, -0.2) is 10.2 Å². The monoisotopic (exact) mass is 136 g/mol. The van der Waals surface area contributed by atoms with Crippen LogP contribution in [0.15, 0.2) is 18.8 Å². The molecule has 1 N–H and O–H groups in total. The maximum atomic E-state index is 4.01. The highest BCUT2D eigenvalue weighted by Gasteiger charge is 1.97. The van der Waals surface area contributed by atoms with Crippen molar-refractivity contribution in [2.75, 3.05) is 0 Å². The first-order valence-electron chi connectivity index (χ1n) is 3.52. The molecule has 1 rings (SSSR count). The first-order valence-corrected chi connectivity index (χ1v) is 3.52. The van der Waals surface area contributed by atoms with Crippen molar-refractivity contribution in [3.63, 3.8) is 0 Å². The van der Waals surface area contributed by atoms with Gasteiger partial charge in [0.2, 0.25) is 0 Å². The molecule has 0 aromatic carbocycles. The molecular formula is C8H12N2. The Labute approximate surface area is 61.0 Å². The maximum absolute atomic E-state index is 4.01. The van der Waals surface area contributed by atoms with Gasteiger partial charge in [0.1, 0.15) is 0 Å². The van der Waals surface area contributed by atoms with E-state index in [0.29, 0.717) is 0 Å². The van der Waals surface area contributed by atoms with E-state index < -0.39 is 0 Å². The third-order valence-electron chi connectivity index (χ3n) is 1.41. The average molecular weight is 136 g/mol. The Morgan fingerprint density at radius 1 is 1.80 bits per heavy atom. The third-order valence-corrected chi connectivity index (χ3v) is 1.41. The van der Waals surface area contributed by atoms with Crippen molar-refractivity contribution in [3.05, 3.63) is 24.5 Å². The molecule has 2 nitrogen and oxygen atoms in total. The van der Waals surface area contributed by atoms with E-state index in [2.05, 4.69) is 23.7 Å². The van der Waals surface area contributed by atoms with Gasteiger partial charge in [-0.3, -0.25) is 5.10 Å². The van der Waals surface area contributed by atoms with Crippen LogP contribution in [0.25, 0.3) is 5.57 Å². The normalized spacial score (nSPS) is 9.70. The van der Waals surface area contributed by atoms with E-state index in [-0.39, 0.29) is 0 Å². The van der Waals surface area contributed by atoms with E-state index in [0.717, 1.165) is 24.1 Å². The van der Waals surface area contributed by atoms with Crippen LogP contribution < -0.4 is 0 Å². The molecule has 0 aliphatic carbocycles. The molecule has 0 aliphatic heterocycles. The molecule has 1 aromatic heterocycles. The van der Waals surface area contributed by atoms with Gasteiger partial charge in [-0.2, -0.15) is 5.10 Å². The van der Waals surface area contributed by atoms with Gasteiger partial charge in [-0.25, -0.2) is 0 Å². The molecule has 0 amide bonds. The second-order valence-corrected chi connectivity index (χ2v) is 2.31. The van der Waals surface area contributed by atoms with Crippen molar-refractivity contribution >= 4 is 5.57 Å². The standard InChI is InChI=1S/C8H12N2/c1-3-4-7(2)8-5-6-9-10-8/h5-6H,2-4H2,1H3,(H,9,10). The van der Waals surface area contributed by atoms with Crippen molar-refractivity contribution in [1.82, 2.24) is 10.2 Å². The zero-order valence-corrected chi connectivity index (χ0v) is 6.22. The highest BCUT2D eigenvalue weighted by Crippen LogP contribution is 2.13. The molecule has 2 heteroatoms. The molecule has 10 heavy (non-hydrogen) atoms. The molecule has 0 saturated carbocycles. The van der Waals surface area contributed by atoms with E-state index in [9.17, 15) is 0 Å². The summed E-state index contributed by atoms with van der Waals surface area (Å²) in [6.07, 6.45) is 3.98. The Morgan fingerprint density at radius 2 is 2.60 bits per heavy atom. The predicted octanol–water partition coefficient (Wildman–Crippen LogP) is 2.22. The average Bonchev–Trinajstić information content (AvgIpc) is 2.38. The van der Waals surface area contributed by atoms with Gasteiger partial charge in [0.15, 0.2) is 0 Å². The summed E-state index contributed by atoms with van der Waals surface area (Å²) in [4.78, 5) is 0. The lowest BCUT2D eigenvalue weighted by atomic mass is 10.1. The summed E-state index contributed by atoms with van der Waals surface area (Å²) < 4.78 is 0. The quantitative estimate of drug-likeness (QED) is 0.678. The van der Waals surface area contributed by atoms with Crippen LogP contribution in [0.2, 0.25) is 0 Å². The Hall–Kier alpha value is -1.05. The molecule has 0 radical (unpaired) electrons. The van der Waals surface area contributed by atoms with E-state index in [1.807, 2.05) is 12.3 Å². The Bertz CT molecular complexity index is 199. The topological polar surface area (TPSA) is 28.7 Å². The van der Waals surface area contributed by atoms with Crippen LogP contribution in [0, 0.1) is 0 Å². The fraction of sp³-hybridized carbons (Fsp3) is 0.375. The lowest BCUT2D eigenvalue weighted by Crippen LogP contribution is -1.81. The smallest absolute Gasteiger partial charge is 0.0874 e. The number of nitrogens with one attached hydrogen (secondary N) is 1. The number of hydrogen-bond donors (Lipinski definition) is 1. The van der Waals surface area contributed by atoms with E-state index in [1.54, 1.807) is 0 Å². The van der Waals surface area contributed by atoms with Gasteiger partial charge < -0.3 is 0 Å². The van der Waals surface area contributed by atoms with Crippen molar-refractivity contribution < 1.29 is 0 Å². The Kier molecular flexibility index (Phi) is 2.26. The summed E-state index contributed by atoms with van der Waals surface area (Å²) in [5, 5.41) is 6.77. The van der Waals surface area contributed by atoms with Crippen LogP contribution >= 0.6 is 0 Å². The molecule has 0 bridgehead atoms. The molecule has 0 saturated heterocycles. The number of aromatic amines is 1. The lowest BCUT2D eigenvalue weighted by Gasteiger charge is -1.96. The number of hydrogen-bond acceptors (Lipinski definition) is 1. The van der Waals surface area contributed by atoms with Gasteiger partial charge in [-0.05, 0) is 18.1 Å². The maximum Gasteiger partial charge on any atom is 0.0874 e. The summed E-state index contributed by atoms with van der Waals surface area (Å²) in [6.45, 7) is 6.04. The van der Waals surface area contributed by atoms with Gasteiger partial charge in [-0.15, -0.1) is 0 Å². The fourth-order valence-corrected chi connectivity index (χ4v) is 0.887. The number of rotatable bonds is 3. The van der Waals surface area contributed by atoms with Crippen LogP contribution in [0.1, 0.15) is 25.5 Å². The predicted molar refractivity (Wildman–Crippen MR) is 42.5 cm³/mol. The van der Waals surface area contributed by atoms with E-state index in [1.165, 1.54) is 0 Å². The molecule has 0 fully saturated rings. The number of nitrogens with zero attached hydrogens (tertiary/aromatic N) is 1. The van der Waals surface area contributed by atoms with Crippen LogP contribution in [0.4, 0.5) is 0 Å². The van der Waals surface area contributed by atoms with Gasteiger partial charge in [0, 0.05) is 6.20 Å². The minimum Gasteiger partial charge on any atom is -0.285 e. The summed E-state index contributed by atoms with van der Waals surface area (Å²) in [5.41, 5.74) is 2.10. The molecule has 54 valence electrons. The van der Waals surface area contributed by atoms with E-state index >= 15 is 0 Å². The van der Waals surface area contributed by atoms with Gasteiger partial charge in [0.05, 0.1) is 5.69 Å². The third kappa shape index (κ3) is 1.47. The van der Waals surface area contributed by atoms with Crippen molar-refractivity contribution in [2.24, 2.45) is 0 Å². The molecule has 0 aliphatic rings. The lowest BCUT2D eigenvalue weighted by molar-refractivity contribution is 0.960. The molecule has 1 heterocycles. The van der Waals surface area contributed by atoms with Crippen LogP contribution in [0.3, 0.4) is 0 Å². The number of H-pyrrole nitrogens is 1. The number of allylic oxidation sites excluding steroid dienone is 1. The first-order chi connectivity index (χ1) is 4.84. The summed E-state index contributed by atoms with van der Waals surface area (Å²) in [7, 11) is 0. The first kappa shape index (κ1) is 7.06. The van der Waals surface area contributed by atoms with Gasteiger partial charge in [-0.1, -0.05) is 19.9 Å². The fourth-order valence-electron chi connectivity index (χ4n) is 0.887. The Balaban J connectivity index is 2.59. The van der Waals surface area contributed by atoms with E-state index in [4.69, 9.17) is 0 Å². The minimum absolute atomic E-state index is 0.988. The van der Waals surface area contributed by atoms with Crippen LogP contribution in [0.5, 0.6) is 0 Å². The van der Waals surface area contributed by atoms with Gasteiger partial charge in [0.25, 0.3) is 0 Å².